The highest BCUT2D eigenvalue weighted by Crippen LogP contribution is 2.29. The summed E-state index contributed by atoms with van der Waals surface area (Å²) in [5.74, 6) is 0. The van der Waals surface area contributed by atoms with E-state index in [4.69, 9.17) is 4.43 Å². The van der Waals surface area contributed by atoms with Gasteiger partial charge >= 0.3 is 6.18 Å². The molecular weight excluding hydrogens is 221 g/mol. The molecule has 15 heavy (non-hydrogen) atoms. The van der Waals surface area contributed by atoms with Crippen molar-refractivity contribution in [2.75, 3.05) is 0 Å². The second-order valence-corrected chi connectivity index (χ2v) is 9.22. The van der Waals surface area contributed by atoms with E-state index in [0.717, 1.165) is 12.8 Å². The molecule has 1 unspecified atom stereocenters. The molecule has 0 heterocycles. The Morgan fingerprint density at radius 1 is 1.13 bits per heavy atom. The fourth-order valence-corrected chi connectivity index (χ4v) is 2.40. The van der Waals surface area contributed by atoms with Crippen LogP contribution < -0.4 is 0 Å². The highest BCUT2D eigenvalue weighted by Gasteiger charge is 2.42. The molecule has 5 heteroatoms. The molecule has 92 valence electrons. The lowest BCUT2D eigenvalue weighted by Gasteiger charge is -2.28. The first kappa shape index (κ1) is 15.0. The molecule has 0 N–H and O–H groups in total. The van der Waals surface area contributed by atoms with Crippen molar-refractivity contribution in [2.45, 2.75) is 64.5 Å². The summed E-state index contributed by atoms with van der Waals surface area (Å²) in [5, 5.41) is 0. The van der Waals surface area contributed by atoms with Crippen LogP contribution in [-0.4, -0.2) is 20.6 Å². The second-order valence-electron chi connectivity index (χ2n) is 4.76. The SMILES string of the molecule is CCCCCC(O[Si](C)(C)C)C(F)(F)F. The van der Waals surface area contributed by atoms with Crippen molar-refractivity contribution >= 4 is 8.32 Å². The third kappa shape index (κ3) is 7.85. The number of hydrogen-bond acceptors (Lipinski definition) is 1. The first-order valence-electron chi connectivity index (χ1n) is 5.41. The van der Waals surface area contributed by atoms with Crippen LogP contribution in [0.1, 0.15) is 32.6 Å². The van der Waals surface area contributed by atoms with Crippen LogP contribution in [0.15, 0.2) is 0 Å². The third-order valence-corrected chi connectivity index (χ3v) is 2.92. The Bertz CT molecular complexity index is 174. The standard InChI is InChI=1S/C10H21F3OSi/c1-5-6-7-8-9(10(11,12)13)14-15(2,3)4/h9H,5-8H2,1-4H3. The zero-order valence-corrected chi connectivity index (χ0v) is 10.9. The van der Waals surface area contributed by atoms with E-state index in [9.17, 15) is 13.2 Å². The van der Waals surface area contributed by atoms with Crippen molar-refractivity contribution in [3.63, 3.8) is 0 Å². The Hall–Kier alpha value is -0.0331. The van der Waals surface area contributed by atoms with E-state index in [2.05, 4.69) is 0 Å². The Morgan fingerprint density at radius 2 is 1.67 bits per heavy atom. The van der Waals surface area contributed by atoms with Crippen LogP contribution in [0.4, 0.5) is 13.2 Å². The smallest absolute Gasteiger partial charge is 0.406 e. The molecule has 0 aliphatic heterocycles. The lowest BCUT2D eigenvalue weighted by molar-refractivity contribution is -0.199. The van der Waals surface area contributed by atoms with E-state index in [0.29, 0.717) is 6.42 Å². The van der Waals surface area contributed by atoms with Gasteiger partial charge in [0.05, 0.1) is 0 Å². The summed E-state index contributed by atoms with van der Waals surface area (Å²) in [4.78, 5) is 0. The highest BCUT2D eigenvalue weighted by atomic mass is 28.4. The molecule has 0 rings (SSSR count). The molecule has 0 saturated heterocycles. The Kier molecular flexibility index (Phi) is 5.88. The first-order valence-corrected chi connectivity index (χ1v) is 8.82. The van der Waals surface area contributed by atoms with Gasteiger partial charge < -0.3 is 4.43 Å². The van der Waals surface area contributed by atoms with Gasteiger partial charge in [-0.3, -0.25) is 0 Å². The number of alkyl halides is 3. The van der Waals surface area contributed by atoms with E-state index >= 15 is 0 Å². The quantitative estimate of drug-likeness (QED) is 0.497. The monoisotopic (exact) mass is 242 g/mol. The maximum atomic E-state index is 12.6. The maximum Gasteiger partial charge on any atom is 0.413 e. The maximum absolute atomic E-state index is 12.6. The summed E-state index contributed by atoms with van der Waals surface area (Å²) in [6.07, 6.45) is -3.32. The molecule has 0 fully saturated rings. The summed E-state index contributed by atoms with van der Waals surface area (Å²) in [5.41, 5.74) is 0. The van der Waals surface area contributed by atoms with Gasteiger partial charge in [-0.25, -0.2) is 0 Å². The summed E-state index contributed by atoms with van der Waals surface area (Å²) >= 11 is 0. The zero-order chi connectivity index (χ0) is 12.1. The van der Waals surface area contributed by atoms with E-state index in [1.165, 1.54) is 0 Å². The lowest BCUT2D eigenvalue weighted by atomic mass is 10.1. The molecule has 0 radical (unpaired) electrons. The molecule has 0 aliphatic carbocycles. The molecule has 0 amide bonds. The van der Waals surface area contributed by atoms with Gasteiger partial charge in [0.15, 0.2) is 8.32 Å². The van der Waals surface area contributed by atoms with Crippen molar-refractivity contribution in [3.05, 3.63) is 0 Å². The van der Waals surface area contributed by atoms with Crippen LogP contribution in [-0.2, 0) is 4.43 Å². The molecule has 0 bridgehead atoms. The molecule has 1 nitrogen and oxygen atoms in total. The van der Waals surface area contributed by atoms with E-state index in [1.807, 2.05) is 6.92 Å². The molecule has 0 aromatic heterocycles. The van der Waals surface area contributed by atoms with E-state index in [1.54, 1.807) is 19.6 Å². The van der Waals surface area contributed by atoms with Gasteiger partial charge in [-0.2, -0.15) is 13.2 Å². The van der Waals surface area contributed by atoms with Crippen molar-refractivity contribution in [2.24, 2.45) is 0 Å². The van der Waals surface area contributed by atoms with E-state index in [-0.39, 0.29) is 6.42 Å². The number of rotatable bonds is 6. The topological polar surface area (TPSA) is 9.23 Å². The number of hydrogen-bond donors (Lipinski definition) is 0. The summed E-state index contributed by atoms with van der Waals surface area (Å²) in [6.45, 7) is 7.32. The fourth-order valence-electron chi connectivity index (χ4n) is 1.30. The highest BCUT2D eigenvalue weighted by molar-refractivity contribution is 6.69. The Labute approximate surface area is 91.1 Å². The minimum atomic E-state index is -4.21. The minimum absolute atomic E-state index is 0.0988. The second kappa shape index (κ2) is 5.89. The van der Waals surface area contributed by atoms with E-state index < -0.39 is 20.6 Å². The van der Waals surface area contributed by atoms with Crippen LogP contribution in [0.25, 0.3) is 0 Å². The van der Waals surface area contributed by atoms with Crippen LogP contribution in [0.2, 0.25) is 19.6 Å². The van der Waals surface area contributed by atoms with Gasteiger partial charge in [-0.05, 0) is 26.1 Å². The minimum Gasteiger partial charge on any atom is -0.406 e. The van der Waals surface area contributed by atoms with Gasteiger partial charge in [0.1, 0.15) is 6.10 Å². The van der Waals surface area contributed by atoms with Crippen molar-refractivity contribution < 1.29 is 17.6 Å². The zero-order valence-electron chi connectivity index (χ0n) is 9.95. The van der Waals surface area contributed by atoms with Crippen molar-refractivity contribution in [1.82, 2.24) is 0 Å². The fraction of sp³-hybridized carbons (Fsp3) is 1.00. The van der Waals surface area contributed by atoms with Crippen LogP contribution in [0.3, 0.4) is 0 Å². The first-order chi connectivity index (χ1) is 6.67. The number of unbranched alkanes of at least 4 members (excludes halogenated alkanes) is 2. The van der Waals surface area contributed by atoms with Gasteiger partial charge in [0, 0.05) is 0 Å². The predicted molar refractivity (Wildman–Crippen MR) is 58.4 cm³/mol. The third-order valence-electron chi connectivity index (χ3n) is 1.93. The molecule has 0 spiro atoms. The Morgan fingerprint density at radius 3 is 2.00 bits per heavy atom. The molecule has 0 saturated carbocycles. The van der Waals surface area contributed by atoms with Crippen LogP contribution in [0.5, 0.6) is 0 Å². The number of halogens is 3. The summed E-state index contributed by atoms with van der Waals surface area (Å²) < 4.78 is 42.9. The van der Waals surface area contributed by atoms with Crippen molar-refractivity contribution in [3.8, 4) is 0 Å². The van der Waals surface area contributed by atoms with Crippen molar-refractivity contribution in [1.29, 1.82) is 0 Å². The Balaban J connectivity index is 4.21. The predicted octanol–water partition coefficient (Wildman–Crippen LogP) is 4.35. The largest absolute Gasteiger partial charge is 0.413 e. The van der Waals surface area contributed by atoms with Crippen LogP contribution in [0, 0.1) is 0 Å². The summed E-state index contributed by atoms with van der Waals surface area (Å²) in [7, 11) is -2.11. The summed E-state index contributed by atoms with van der Waals surface area (Å²) in [6, 6.07) is 0. The van der Waals surface area contributed by atoms with Crippen LogP contribution >= 0.6 is 0 Å². The molecule has 0 aliphatic rings. The normalized spacial score (nSPS) is 15.4. The van der Waals surface area contributed by atoms with Gasteiger partial charge in [0.2, 0.25) is 0 Å². The molecule has 0 aromatic carbocycles. The average Bonchev–Trinajstić information content (AvgIpc) is 1.99. The molecule has 0 aromatic rings. The lowest BCUT2D eigenvalue weighted by Crippen LogP contribution is -2.40. The molecule has 1 atom stereocenters. The van der Waals surface area contributed by atoms with Gasteiger partial charge in [-0.15, -0.1) is 0 Å². The van der Waals surface area contributed by atoms with Gasteiger partial charge in [0.25, 0.3) is 0 Å². The average molecular weight is 242 g/mol. The molecular formula is C10H21F3OSi. The van der Waals surface area contributed by atoms with Gasteiger partial charge in [-0.1, -0.05) is 26.2 Å².